The van der Waals surface area contributed by atoms with Gasteiger partial charge in [0.05, 0.1) is 22.1 Å². The molecule has 5 rings (SSSR count). The molecule has 1 fully saturated rings. The number of benzene rings is 4. The number of phenolic OH excluding ortho intramolecular Hbond substituents is 1. The van der Waals surface area contributed by atoms with E-state index in [1.54, 1.807) is 18.2 Å². The lowest BCUT2D eigenvalue weighted by molar-refractivity contribution is -0.384. The summed E-state index contributed by atoms with van der Waals surface area (Å²) in [6.07, 6.45) is 0. The van der Waals surface area contributed by atoms with Crippen molar-refractivity contribution < 1.29 is 29.1 Å². The molecule has 0 aromatic heterocycles. The number of nitrogens with zero attached hydrogens (tertiary/aromatic N) is 2. The van der Waals surface area contributed by atoms with Gasteiger partial charge in [0.1, 0.15) is 17.3 Å². The maximum Gasteiger partial charge on any atom is 0.300 e. The lowest BCUT2D eigenvalue weighted by atomic mass is 9.94. The molecule has 0 bridgehead atoms. The number of halogens is 1. The summed E-state index contributed by atoms with van der Waals surface area (Å²) in [4.78, 5) is 38.5. The van der Waals surface area contributed by atoms with Crippen LogP contribution in [-0.2, 0) is 9.59 Å². The second-order valence-corrected chi connectivity index (χ2v) is 8.60. The van der Waals surface area contributed by atoms with Gasteiger partial charge in [-0.05, 0) is 53.1 Å². The first-order chi connectivity index (χ1) is 18.3. The molecular weight excluding hydrogens is 491 g/mol. The zero-order valence-corrected chi connectivity index (χ0v) is 19.6. The maximum atomic E-state index is 13.6. The van der Waals surface area contributed by atoms with E-state index in [1.165, 1.54) is 29.2 Å². The number of carbonyl (C=O) groups excluding carboxylic acids is 2. The first-order valence-corrected chi connectivity index (χ1v) is 11.5. The van der Waals surface area contributed by atoms with Crippen LogP contribution in [0.2, 0.25) is 0 Å². The summed E-state index contributed by atoms with van der Waals surface area (Å²) in [6, 6.07) is 23.2. The summed E-state index contributed by atoms with van der Waals surface area (Å²) in [5.41, 5.74) is 1.50. The number of phenols is 1. The molecular formula is C29H19FN2O6. The Hall–Kier alpha value is -5.31. The molecule has 2 N–H and O–H groups in total. The van der Waals surface area contributed by atoms with Crippen LogP contribution in [0, 0.1) is 15.9 Å². The van der Waals surface area contributed by atoms with Gasteiger partial charge in [-0.25, -0.2) is 4.39 Å². The number of amides is 1. The van der Waals surface area contributed by atoms with Crippen LogP contribution in [0.3, 0.4) is 0 Å². The minimum absolute atomic E-state index is 0.201. The minimum atomic E-state index is -1.19. The third kappa shape index (κ3) is 4.26. The Labute approximate surface area is 215 Å². The van der Waals surface area contributed by atoms with Crippen molar-refractivity contribution in [3.8, 4) is 16.9 Å². The average Bonchev–Trinajstić information content (AvgIpc) is 3.19. The molecule has 0 spiro atoms. The number of anilines is 1. The summed E-state index contributed by atoms with van der Waals surface area (Å²) in [7, 11) is 0. The molecule has 1 atom stereocenters. The number of rotatable bonds is 5. The molecule has 9 heteroatoms. The van der Waals surface area contributed by atoms with Crippen molar-refractivity contribution in [3.63, 3.8) is 0 Å². The smallest absolute Gasteiger partial charge is 0.300 e. The van der Waals surface area contributed by atoms with E-state index in [1.807, 2.05) is 36.4 Å². The number of nitro groups is 1. The minimum Gasteiger partial charge on any atom is -0.507 e. The number of ketones is 1. The predicted molar refractivity (Wildman–Crippen MR) is 138 cm³/mol. The number of non-ortho nitro benzene ring substituents is 1. The van der Waals surface area contributed by atoms with Gasteiger partial charge in [-0.1, -0.05) is 42.5 Å². The molecule has 4 aromatic carbocycles. The largest absolute Gasteiger partial charge is 0.507 e. The van der Waals surface area contributed by atoms with E-state index >= 15 is 0 Å². The van der Waals surface area contributed by atoms with Crippen molar-refractivity contribution in [2.45, 2.75) is 6.04 Å². The van der Waals surface area contributed by atoms with Crippen LogP contribution in [0.15, 0.2) is 103 Å². The third-order valence-corrected chi connectivity index (χ3v) is 6.31. The fraction of sp³-hybridized carbons (Fsp3) is 0.0345. The summed E-state index contributed by atoms with van der Waals surface area (Å²) < 4.78 is 13.6. The highest BCUT2D eigenvalue weighted by molar-refractivity contribution is 6.51. The van der Waals surface area contributed by atoms with Gasteiger partial charge >= 0.3 is 0 Å². The maximum absolute atomic E-state index is 13.6. The molecule has 0 saturated carbocycles. The molecule has 0 aliphatic carbocycles. The van der Waals surface area contributed by atoms with Crippen molar-refractivity contribution in [1.29, 1.82) is 0 Å². The first kappa shape index (κ1) is 24.4. The van der Waals surface area contributed by atoms with Gasteiger partial charge in [-0.15, -0.1) is 0 Å². The van der Waals surface area contributed by atoms with E-state index in [9.17, 15) is 34.3 Å². The molecule has 1 saturated heterocycles. The lowest BCUT2D eigenvalue weighted by Crippen LogP contribution is -2.29. The summed E-state index contributed by atoms with van der Waals surface area (Å²) in [6.45, 7) is 0. The van der Waals surface area contributed by atoms with Gasteiger partial charge in [0, 0.05) is 23.9 Å². The van der Waals surface area contributed by atoms with Crippen molar-refractivity contribution in [2.75, 3.05) is 4.90 Å². The van der Waals surface area contributed by atoms with E-state index < -0.39 is 40.0 Å². The number of aromatic hydroxyl groups is 1. The molecule has 4 aromatic rings. The number of hydrogen-bond acceptors (Lipinski definition) is 6. The standard InChI is InChI=1S/C29H19FN2O6/c30-20-11-14-23(24(33)16-20)27(34)25-26(18-9-12-21(13-10-18)32(37)38)31(29(36)28(25)35)22-8-4-7-19(15-22)17-5-2-1-3-6-17/h1-16,26,33-34H/b27-25-. The Kier molecular flexibility index (Phi) is 6.18. The van der Waals surface area contributed by atoms with Crippen LogP contribution in [0.1, 0.15) is 17.2 Å². The lowest BCUT2D eigenvalue weighted by Gasteiger charge is -2.26. The summed E-state index contributed by atoms with van der Waals surface area (Å²) in [5.74, 6) is -4.06. The van der Waals surface area contributed by atoms with Gasteiger partial charge in [-0.2, -0.15) is 0 Å². The molecule has 1 aliphatic heterocycles. The Morgan fingerprint density at radius 3 is 2.21 bits per heavy atom. The van der Waals surface area contributed by atoms with Gasteiger partial charge in [-0.3, -0.25) is 24.6 Å². The van der Waals surface area contributed by atoms with Gasteiger partial charge in [0.25, 0.3) is 17.4 Å². The van der Waals surface area contributed by atoms with Gasteiger partial charge in [0.2, 0.25) is 0 Å². The highest BCUT2D eigenvalue weighted by Crippen LogP contribution is 2.44. The second-order valence-electron chi connectivity index (χ2n) is 8.60. The number of nitro benzene ring substituents is 1. The van der Waals surface area contributed by atoms with E-state index in [4.69, 9.17) is 0 Å². The number of hydrogen-bond donors (Lipinski definition) is 2. The first-order valence-electron chi connectivity index (χ1n) is 11.5. The molecule has 1 unspecified atom stereocenters. The zero-order valence-electron chi connectivity index (χ0n) is 19.6. The Balaban J connectivity index is 1.71. The van der Waals surface area contributed by atoms with Crippen molar-refractivity contribution in [1.82, 2.24) is 0 Å². The fourth-order valence-electron chi connectivity index (χ4n) is 4.51. The van der Waals surface area contributed by atoms with E-state index in [-0.39, 0.29) is 16.8 Å². The SMILES string of the molecule is O=C1C(=O)N(c2cccc(-c3ccccc3)c2)C(c2ccc([N+](=O)[O-])cc2)/C1=C(/O)c1ccc(F)cc1O. The highest BCUT2D eigenvalue weighted by atomic mass is 19.1. The summed E-state index contributed by atoms with van der Waals surface area (Å²) in [5, 5.41) is 32.6. The van der Waals surface area contributed by atoms with Crippen LogP contribution >= 0.6 is 0 Å². The Morgan fingerprint density at radius 1 is 0.868 bits per heavy atom. The normalized spacial score (nSPS) is 16.6. The quantitative estimate of drug-likeness (QED) is 0.116. The molecule has 1 amide bonds. The summed E-state index contributed by atoms with van der Waals surface area (Å²) >= 11 is 0. The Bertz CT molecular complexity index is 1620. The number of Topliss-reactive ketones (excluding diaryl/α,β-unsaturated/α-hetero) is 1. The van der Waals surface area contributed by atoms with E-state index in [0.717, 1.165) is 29.3 Å². The molecule has 0 radical (unpaired) electrons. The van der Waals surface area contributed by atoms with Crippen molar-refractivity contribution in [2.24, 2.45) is 0 Å². The van der Waals surface area contributed by atoms with Gasteiger partial charge in [0.15, 0.2) is 0 Å². The van der Waals surface area contributed by atoms with Crippen LogP contribution in [-0.4, -0.2) is 26.8 Å². The predicted octanol–water partition coefficient (Wildman–Crippen LogP) is 5.73. The number of aliphatic hydroxyl groups excluding tert-OH is 1. The third-order valence-electron chi connectivity index (χ3n) is 6.31. The van der Waals surface area contributed by atoms with Crippen molar-refractivity contribution >= 4 is 28.8 Å². The molecule has 1 heterocycles. The van der Waals surface area contributed by atoms with Crippen LogP contribution in [0.4, 0.5) is 15.8 Å². The van der Waals surface area contributed by atoms with Crippen molar-refractivity contribution in [3.05, 3.63) is 130 Å². The van der Waals surface area contributed by atoms with Crippen LogP contribution in [0.25, 0.3) is 16.9 Å². The highest BCUT2D eigenvalue weighted by Gasteiger charge is 2.47. The molecule has 8 nitrogen and oxygen atoms in total. The van der Waals surface area contributed by atoms with Crippen LogP contribution in [0.5, 0.6) is 5.75 Å². The molecule has 188 valence electrons. The van der Waals surface area contributed by atoms with Gasteiger partial charge < -0.3 is 10.2 Å². The van der Waals surface area contributed by atoms with E-state index in [0.29, 0.717) is 11.3 Å². The zero-order chi connectivity index (χ0) is 27.0. The second kappa shape index (κ2) is 9.62. The monoisotopic (exact) mass is 510 g/mol. The molecule has 1 aliphatic rings. The number of aliphatic hydroxyl groups is 1. The molecule has 38 heavy (non-hydrogen) atoms. The van der Waals surface area contributed by atoms with Crippen LogP contribution < -0.4 is 4.90 Å². The average molecular weight is 510 g/mol. The fourth-order valence-corrected chi connectivity index (χ4v) is 4.51. The number of carbonyl (C=O) groups is 2. The van der Waals surface area contributed by atoms with E-state index in [2.05, 4.69) is 0 Å². The topological polar surface area (TPSA) is 121 Å². The Morgan fingerprint density at radius 2 is 1.55 bits per heavy atom.